The lowest BCUT2D eigenvalue weighted by Crippen LogP contribution is -2.28. The molecule has 0 unspecified atom stereocenters. The molecule has 2 amide bonds. The molecule has 0 bridgehead atoms. The van der Waals surface area contributed by atoms with E-state index in [-0.39, 0.29) is 11.8 Å². The number of carbonyl (C=O) groups excluding carboxylic acids is 2. The van der Waals surface area contributed by atoms with Crippen molar-refractivity contribution in [3.05, 3.63) is 83.9 Å². The second-order valence-corrected chi connectivity index (χ2v) is 5.42. The van der Waals surface area contributed by atoms with Crippen molar-refractivity contribution in [1.82, 2.24) is 10.6 Å². The highest BCUT2D eigenvalue weighted by Gasteiger charge is 1.97. The summed E-state index contributed by atoms with van der Waals surface area (Å²) < 4.78 is 0. The Morgan fingerprint density at radius 3 is 1.48 bits per heavy atom. The van der Waals surface area contributed by atoms with Crippen molar-refractivity contribution >= 4 is 24.0 Å². The highest BCUT2D eigenvalue weighted by Crippen LogP contribution is 2.01. The molecule has 2 rings (SSSR count). The number of rotatable bonds is 8. The van der Waals surface area contributed by atoms with E-state index >= 15 is 0 Å². The molecule has 0 radical (unpaired) electrons. The third kappa shape index (κ3) is 7.79. The van der Waals surface area contributed by atoms with Gasteiger partial charge in [0, 0.05) is 25.2 Å². The first kappa shape index (κ1) is 18.2. The predicted molar refractivity (Wildman–Crippen MR) is 102 cm³/mol. The van der Waals surface area contributed by atoms with Crippen LogP contribution in [0.4, 0.5) is 0 Å². The quantitative estimate of drug-likeness (QED) is 0.576. The van der Waals surface area contributed by atoms with E-state index in [0.717, 1.165) is 11.1 Å². The van der Waals surface area contributed by atoms with Crippen molar-refractivity contribution in [3.63, 3.8) is 0 Å². The largest absolute Gasteiger partial charge is 0.352 e. The molecule has 4 heteroatoms. The number of benzene rings is 2. The fraction of sp³-hybridized carbons (Fsp3) is 0.143. The fourth-order valence-corrected chi connectivity index (χ4v) is 2.10. The van der Waals surface area contributed by atoms with E-state index in [0.29, 0.717) is 19.5 Å². The first-order valence-electron chi connectivity index (χ1n) is 8.26. The minimum absolute atomic E-state index is 0.140. The topological polar surface area (TPSA) is 58.2 Å². The summed E-state index contributed by atoms with van der Waals surface area (Å²) in [5, 5.41) is 5.58. The molecule has 0 fully saturated rings. The van der Waals surface area contributed by atoms with Crippen LogP contribution in [0.15, 0.2) is 72.8 Å². The Labute approximate surface area is 148 Å². The van der Waals surface area contributed by atoms with E-state index in [2.05, 4.69) is 10.6 Å². The maximum atomic E-state index is 11.7. The van der Waals surface area contributed by atoms with Gasteiger partial charge in [-0.2, -0.15) is 0 Å². The number of hydrogen-bond donors (Lipinski definition) is 2. The first-order chi connectivity index (χ1) is 12.2. The van der Waals surface area contributed by atoms with Crippen LogP contribution < -0.4 is 10.6 Å². The summed E-state index contributed by atoms with van der Waals surface area (Å²) in [5.41, 5.74) is 1.96. The van der Waals surface area contributed by atoms with Crippen LogP contribution in [0.5, 0.6) is 0 Å². The lowest BCUT2D eigenvalue weighted by Gasteiger charge is -2.03. The molecule has 2 aromatic carbocycles. The van der Waals surface area contributed by atoms with Gasteiger partial charge in [0.2, 0.25) is 11.8 Å². The predicted octanol–water partition coefficient (Wildman–Crippen LogP) is 3.04. The molecule has 0 atom stereocenters. The van der Waals surface area contributed by atoms with Gasteiger partial charge >= 0.3 is 0 Å². The van der Waals surface area contributed by atoms with Gasteiger partial charge in [0.05, 0.1) is 0 Å². The molecule has 128 valence electrons. The monoisotopic (exact) mass is 334 g/mol. The Morgan fingerprint density at radius 2 is 1.08 bits per heavy atom. The van der Waals surface area contributed by atoms with Crippen molar-refractivity contribution in [2.45, 2.75) is 6.42 Å². The summed E-state index contributed by atoms with van der Waals surface area (Å²) in [6.07, 6.45) is 7.24. The van der Waals surface area contributed by atoms with Crippen molar-refractivity contribution in [3.8, 4) is 0 Å². The smallest absolute Gasteiger partial charge is 0.244 e. The van der Waals surface area contributed by atoms with Gasteiger partial charge in [-0.15, -0.1) is 0 Å². The van der Waals surface area contributed by atoms with Crippen LogP contribution in [0.2, 0.25) is 0 Å². The Hall–Kier alpha value is -3.14. The summed E-state index contributed by atoms with van der Waals surface area (Å²) in [5.74, 6) is -0.279. The lowest BCUT2D eigenvalue weighted by molar-refractivity contribution is -0.116. The highest BCUT2D eigenvalue weighted by atomic mass is 16.2. The minimum Gasteiger partial charge on any atom is -0.352 e. The van der Waals surface area contributed by atoms with Crippen LogP contribution in [-0.4, -0.2) is 24.9 Å². The lowest BCUT2D eigenvalue weighted by atomic mass is 10.2. The molecule has 2 aromatic rings. The average Bonchev–Trinajstić information content (AvgIpc) is 2.66. The number of hydrogen-bond acceptors (Lipinski definition) is 2. The Balaban J connectivity index is 1.58. The minimum atomic E-state index is -0.140. The summed E-state index contributed by atoms with van der Waals surface area (Å²) in [6.45, 7) is 1.03. The van der Waals surface area contributed by atoms with Crippen LogP contribution >= 0.6 is 0 Å². The summed E-state index contributed by atoms with van der Waals surface area (Å²) >= 11 is 0. The fourth-order valence-electron chi connectivity index (χ4n) is 2.10. The molecular formula is C21H22N2O2. The molecule has 25 heavy (non-hydrogen) atoms. The molecular weight excluding hydrogens is 312 g/mol. The van der Waals surface area contributed by atoms with Gasteiger partial charge in [0.15, 0.2) is 0 Å². The number of carbonyl (C=O) groups is 2. The van der Waals surface area contributed by atoms with E-state index in [4.69, 9.17) is 0 Å². The molecule has 0 aliphatic rings. The number of amides is 2. The standard InChI is InChI=1S/C21H22N2O2/c24-20(14-12-18-8-3-1-4-9-18)22-16-7-17-23-21(25)15-13-19-10-5-2-6-11-19/h1-6,8-15H,7,16-17H2,(H,22,24)(H,23,25). The Bertz CT molecular complexity index is 659. The summed E-state index contributed by atoms with van der Waals surface area (Å²) in [4.78, 5) is 23.4. The van der Waals surface area contributed by atoms with Crippen LogP contribution in [0.1, 0.15) is 17.5 Å². The van der Waals surface area contributed by atoms with E-state index in [1.165, 1.54) is 12.2 Å². The van der Waals surface area contributed by atoms with Crippen molar-refractivity contribution < 1.29 is 9.59 Å². The maximum Gasteiger partial charge on any atom is 0.244 e. The molecule has 0 aromatic heterocycles. The third-order valence-corrected chi connectivity index (χ3v) is 3.41. The zero-order valence-corrected chi connectivity index (χ0v) is 14.0. The van der Waals surface area contributed by atoms with Gasteiger partial charge < -0.3 is 10.6 Å². The van der Waals surface area contributed by atoms with Crippen LogP contribution in [0.3, 0.4) is 0 Å². The maximum absolute atomic E-state index is 11.7. The van der Waals surface area contributed by atoms with E-state index in [1.54, 1.807) is 12.2 Å². The van der Waals surface area contributed by atoms with Crippen molar-refractivity contribution in [2.75, 3.05) is 13.1 Å². The van der Waals surface area contributed by atoms with Gasteiger partial charge in [-0.25, -0.2) is 0 Å². The molecule has 0 saturated heterocycles. The van der Waals surface area contributed by atoms with Crippen LogP contribution in [-0.2, 0) is 9.59 Å². The zero-order valence-electron chi connectivity index (χ0n) is 14.0. The SMILES string of the molecule is O=C(C=Cc1ccccc1)NCCCNC(=O)C=Cc1ccccc1. The molecule has 4 nitrogen and oxygen atoms in total. The van der Waals surface area contributed by atoms with Gasteiger partial charge in [-0.1, -0.05) is 60.7 Å². The molecule has 0 saturated carbocycles. The Kier molecular flexibility index (Phi) is 7.72. The number of nitrogens with one attached hydrogen (secondary N) is 2. The van der Waals surface area contributed by atoms with E-state index in [9.17, 15) is 9.59 Å². The second kappa shape index (κ2) is 10.6. The van der Waals surface area contributed by atoms with Crippen LogP contribution in [0, 0.1) is 0 Å². The molecule has 0 spiro atoms. The van der Waals surface area contributed by atoms with E-state index in [1.807, 2.05) is 60.7 Å². The van der Waals surface area contributed by atoms with Gasteiger partial charge in [-0.05, 0) is 29.7 Å². The zero-order chi connectivity index (χ0) is 17.7. The van der Waals surface area contributed by atoms with E-state index < -0.39 is 0 Å². The average molecular weight is 334 g/mol. The normalized spacial score (nSPS) is 10.9. The van der Waals surface area contributed by atoms with Gasteiger partial charge in [0.1, 0.15) is 0 Å². The Morgan fingerprint density at radius 1 is 0.680 bits per heavy atom. The molecule has 0 heterocycles. The van der Waals surface area contributed by atoms with Gasteiger partial charge in [0.25, 0.3) is 0 Å². The van der Waals surface area contributed by atoms with Crippen LogP contribution in [0.25, 0.3) is 12.2 Å². The van der Waals surface area contributed by atoms with Crippen molar-refractivity contribution in [2.24, 2.45) is 0 Å². The molecule has 0 aliphatic carbocycles. The first-order valence-corrected chi connectivity index (χ1v) is 8.26. The highest BCUT2D eigenvalue weighted by molar-refractivity contribution is 5.92. The van der Waals surface area contributed by atoms with Gasteiger partial charge in [-0.3, -0.25) is 9.59 Å². The summed E-state index contributed by atoms with van der Waals surface area (Å²) in [7, 11) is 0. The molecule has 0 aliphatic heterocycles. The van der Waals surface area contributed by atoms with Crippen molar-refractivity contribution in [1.29, 1.82) is 0 Å². The third-order valence-electron chi connectivity index (χ3n) is 3.41. The second-order valence-electron chi connectivity index (χ2n) is 5.42. The summed E-state index contributed by atoms with van der Waals surface area (Å²) in [6, 6.07) is 19.3. The molecule has 2 N–H and O–H groups in total.